The van der Waals surface area contributed by atoms with Gasteiger partial charge in [0, 0.05) is 22.4 Å². The molecule has 3 rings (SSSR count). The van der Waals surface area contributed by atoms with Gasteiger partial charge in [-0.2, -0.15) is 26.7 Å². The van der Waals surface area contributed by atoms with E-state index >= 15 is 0 Å². The van der Waals surface area contributed by atoms with Crippen molar-refractivity contribution in [1.82, 2.24) is 14.5 Å². The number of alkyl halides is 3. The van der Waals surface area contributed by atoms with E-state index in [1.165, 1.54) is 18.6 Å². The summed E-state index contributed by atoms with van der Waals surface area (Å²) < 4.78 is 66.2. The van der Waals surface area contributed by atoms with Crippen LogP contribution in [0.25, 0.3) is 0 Å². The summed E-state index contributed by atoms with van der Waals surface area (Å²) in [6, 6.07) is 11.7. The highest BCUT2D eigenvalue weighted by Crippen LogP contribution is 2.31. The number of nitrogens with two attached hydrogens (primary N) is 1. The van der Waals surface area contributed by atoms with E-state index in [0.717, 1.165) is 35.2 Å². The van der Waals surface area contributed by atoms with Gasteiger partial charge in [0.25, 0.3) is 10.2 Å². The zero-order valence-corrected chi connectivity index (χ0v) is 26.5. The number of allylic oxidation sites excluding steroid dienone is 1. The number of aliphatic imine (C=N–C) groups is 1. The first kappa shape index (κ1) is 37.2. The van der Waals surface area contributed by atoms with Gasteiger partial charge in [-0.15, -0.1) is 0 Å². The molecule has 2 aromatic carbocycles. The van der Waals surface area contributed by atoms with Gasteiger partial charge >= 0.3 is 6.18 Å². The van der Waals surface area contributed by atoms with Gasteiger partial charge in [0.2, 0.25) is 5.96 Å². The van der Waals surface area contributed by atoms with Crippen LogP contribution in [0.2, 0.25) is 5.02 Å². The van der Waals surface area contributed by atoms with Crippen molar-refractivity contribution in [2.45, 2.75) is 45.2 Å². The van der Waals surface area contributed by atoms with Crippen LogP contribution in [0.5, 0.6) is 0 Å². The lowest BCUT2D eigenvalue weighted by atomic mass is 9.91. The van der Waals surface area contributed by atoms with Crippen LogP contribution in [0.3, 0.4) is 0 Å². The van der Waals surface area contributed by atoms with Gasteiger partial charge in [-0.1, -0.05) is 77.1 Å². The molecule has 0 fully saturated rings. The molecule has 0 unspecified atom stereocenters. The Hall–Kier alpha value is -2.84. The standard InChI is InChI=1S/C23H24ClF3N6O2S2.C3H8.C2H6/c1-3-15(2)20-14-33(31-21(20)16-4-8-18(24)9-5-16)22(29-12-13-30-37(28,34)35)32-36-19-10-6-17(7-11-19)23(25,26)27;1-3-2;1-2/h3-11,20,30H,1-2,12-14H2,(H,29,32)(H2,28,34,35);3H2,1-2H3;1-2H3/t20-;;/m0../s1. The third-order valence-corrected chi connectivity index (χ3v) is 6.78. The van der Waals surface area contributed by atoms with Crippen LogP contribution in [0.1, 0.15) is 45.2 Å². The second-order valence-corrected chi connectivity index (χ2v) is 11.2. The zero-order chi connectivity index (χ0) is 31.9. The first-order chi connectivity index (χ1) is 19.8. The summed E-state index contributed by atoms with van der Waals surface area (Å²) in [6.45, 7) is 16.4. The molecule has 1 atom stereocenters. The van der Waals surface area contributed by atoms with Crippen molar-refractivity contribution in [3.63, 3.8) is 0 Å². The molecule has 0 saturated heterocycles. The second kappa shape index (κ2) is 18.0. The molecule has 0 aliphatic carbocycles. The summed E-state index contributed by atoms with van der Waals surface area (Å²) in [4.78, 5) is 4.90. The molecule has 0 bridgehead atoms. The molecule has 0 spiro atoms. The number of halogens is 4. The topological polar surface area (TPSA) is 112 Å². The minimum Gasteiger partial charge on any atom is -0.295 e. The first-order valence-electron chi connectivity index (χ1n) is 13.1. The van der Waals surface area contributed by atoms with Gasteiger partial charge in [0.15, 0.2) is 0 Å². The van der Waals surface area contributed by atoms with Gasteiger partial charge in [-0.05, 0) is 59.5 Å². The van der Waals surface area contributed by atoms with Gasteiger partial charge < -0.3 is 0 Å². The van der Waals surface area contributed by atoms with E-state index in [9.17, 15) is 21.6 Å². The van der Waals surface area contributed by atoms with E-state index in [0.29, 0.717) is 22.2 Å². The van der Waals surface area contributed by atoms with E-state index in [1.54, 1.807) is 23.2 Å². The number of rotatable bonds is 9. The zero-order valence-electron chi connectivity index (χ0n) is 24.1. The Kier molecular flexibility index (Phi) is 15.9. The summed E-state index contributed by atoms with van der Waals surface area (Å²) in [5.41, 5.74) is 1.47. The molecule has 0 amide bonds. The Bertz CT molecular complexity index is 1320. The van der Waals surface area contributed by atoms with Crippen molar-refractivity contribution < 1.29 is 21.6 Å². The number of hydrogen-bond acceptors (Lipinski definition) is 5. The highest BCUT2D eigenvalue weighted by molar-refractivity contribution is 7.98. The number of hydrazone groups is 1. The van der Waals surface area contributed by atoms with Crippen molar-refractivity contribution in [3.05, 3.63) is 89.5 Å². The molecular formula is C28H38ClF3N6O2S2. The van der Waals surface area contributed by atoms with E-state index < -0.39 is 21.9 Å². The number of benzene rings is 2. The maximum Gasteiger partial charge on any atom is 0.416 e. The van der Waals surface area contributed by atoms with E-state index in [2.05, 4.69) is 41.4 Å². The van der Waals surface area contributed by atoms with Crippen molar-refractivity contribution >= 4 is 45.4 Å². The third-order valence-electron chi connectivity index (χ3n) is 5.13. The fraction of sp³-hybridized carbons (Fsp3) is 0.357. The minimum atomic E-state index is -4.44. The predicted octanol–water partition coefficient (Wildman–Crippen LogP) is 6.63. The van der Waals surface area contributed by atoms with Crippen molar-refractivity contribution in [1.29, 1.82) is 0 Å². The average Bonchev–Trinajstić information content (AvgIpc) is 3.38. The maximum atomic E-state index is 12.9. The Labute approximate surface area is 256 Å². The fourth-order valence-corrected chi connectivity index (χ4v) is 4.43. The number of nitrogens with zero attached hydrogens (tertiary/aromatic N) is 3. The Morgan fingerprint density at radius 2 is 1.76 bits per heavy atom. The molecule has 4 N–H and O–H groups in total. The average molecular weight is 647 g/mol. The van der Waals surface area contributed by atoms with Crippen LogP contribution in [-0.2, 0) is 16.4 Å². The summed E-state index contributed by atoms with van der Waals surface area (Å²) in [6.07, 6.45) is -1.55. The second-order valence-electron chi connectivity index (χ2n) is 8.48. The third kappa shape index (κ3) is 12.6. The molecular weight excluding hydrogens is 609 g/mol. The van der Waals surface area contributed by atoms with Gasteiger partial charge in [-0.25, -0.2) is 19.9 Å². The molecule has 0 aromatic heterocycles. The molecule has 232 valence electrons. The monoisotopic (exact) mass is 646 g/mol. The normalized spacial score (nSPS) is 15.1. The van der Waals surface area contributed by atoms with E-state index in [1.807, 2.05) is 26.0 Å². The van der Waals surface area contributed by atoms with Crippen LogP contribution >= 0.6 is 23.5 Å². The largest absolute Gasteiger partial charge is 0.416 e. The van der Waals surface area contributed by atoms with Crippen LogP contribution < -0.4 is 14.6 Å². The lowest BCUT2D eigenvalue weighted by molar-refractivity contribution is -0.137. The van der Waals surface area contributed by atoms with Crippen LogP contribution in [-0.4, -0.2) is 44.7 Å². The highest BCUT2D eigenvalue weighted by Gasteiger charge is 2.32. The van der Waals surface area contributed by atoms with Crippen molar-refractivity contribution in [2.75, 3.05) is 19.6 Å². The fourth-order valence-electron chi connectivity index (χ4n) is 3.28. The molecule has 1 aliphatic rings. The Balaban J connectivity index is 0.00000165. The summed E-state index contributed by atoms with van der Waals surface area (Å²) >= 11 is 7.06. The molecule has 0 saturated carbocycles. The van der Waals surface area contributed by atoms with Crippen LogP contribution in [0, 0.1) is 5.92 Å². The molecule has 8 nitrogen and oxygen atoms in total. The van der Waals surface area contributed by atoms with E-state index in [4.69, 9.17) is 21.8 Å². The van der Waals surface area contributed by atoms with Crippen LogP contribution in [0.15, 0.2) is 88.3 Å². The van der Waals surface area contributed by atoms with Crippen molar-refractivity contribution in [3.8, 4) is 0 Å². The maximum absolute atomic E-state index is 12.9. The lowest BCUT2D eigenvalue weighted by Gasteiger charge is -2.19. The molecule has 42 heavy (non-hydrogen) atoms. The van der Waals surface area contributed by atoms with Gasteiger partial charge in [0.05, 0.1) is 24.4 Å². The molecule has 2 aromatic rings. The van der Waals surface area contributed by atoms with Crippen LogP contribution in [0.4, 0.5) is 13.2 Å². The molecule has 0 radical (unpaired) electrons. The SMILES string of the molecule is C=CC(=C)[C@@H]1CN(C(=NCCNS(N)(=O)=O)NSc2ccc(C(F)(F)F)cc2)N=C1c1ccc(Cl)cc1.CC.CCC. The predicted molar refractivity (Wildman–Crippen MR) is 169 cm³/mol. The molecule has 14 heteroatoms. The van der Waals surface area contributed by atoms with Crippen molar-refractivity contribution in [2.24, 2.45) is 21.2 Å². The quantitative estimate of drug-likeness (QED) is 0.0932. The Morgan fingerprint density at radius 1 is 1.19 bits per heavy atom. The first-order valence-corrected chi connectivity index (χ1v) is 15.9. The molecule has 1 aliphatic heterocycles. The minimum absolute atomic E-state index is 0.0156. The summed E-state index contributed by atoms with van der Waals surface area (Å²) in [5, 5.41) is 11.8. The van der Waals surface area contributed by atoms with E-state index in [-0.39, 0.29) is 25.0 Å². The highest BCUT2D eigenvalue weighted by atomic mass is 35.5. The van der Waals surface area contributed by atoms with Gasteiger partial charge in [0.1, 0.15) is 0 Å². The Morgan fingerprint density at radius 3 is 2.26 bits per heavy atom. The summed E-state index contributed by atoms with van der Waals surface area (Å²) in [5.74, 6) is 0.0243. The summed E-state index contributed by atoms with van der Waals surface area (Å²) in [7, 11) is -3.90. The number of guanidine groups is 1. The van der Waals surface area contributed by atoms with Gasteiger partial charge in [-0.3, -0.25) is 4.72 Å². The lowest BCUT2D eigenvalue weighted by Crippen LogP contribution is -2.36. The molecule has 1 heterocycles. The number of nitrogens with one attached hydrogen (secondary N) is 2. The number of hydrogen-bond donors (Lipinski definition) is 3. The smallest absolute Gasteiger partial charge is 0.295 e.